The molecule has 1 atom stereocenters. The third-order valence-corrected chi connectivity index (χ3v) is 4.06. The van der Waals surface area contributed by atoms with E-state index in [2.05, 4.69) is 5.32 Å². The summed E-state index contributed by atoms with van der Waals surface area (Å²) in [6, 6.07) is 7.50. The lowest BCUT2D eigenvalue weighted by Gasteiger charge is -2.14. The van der Waals surface area contributed by atoms with E-state index in [0.717, 1.165) is 29.8 Å². The Bertz CT molecular complexity index is 525. The molecular weight excluding hydrogens is 276 g/mol. The van der Waals surface area contributed by atoms with Crippen molar-refractivity contribution < 1.29 is 9.59 Å². The molecule has 5 heteroatoms. The molecule has 106 valence electrons. The third-order valence-electron chi connectivity index (χ3n) is 3.81. The second kappa shape index (κ2) is 5.54. The maximum absolute atomic E-state index is 12.1. The van der Waals surface area contributed by atoms with Crippen molar-refractivity contribution in [3.8, 4) is 0 Å². The molecule has 1 heterocycles. The van der Waals surface area contributed by atoms with E-state index in [9.17, 15) is 9.59 Å². The fourth-order valence-corrected chi connectivity index (χ4v) is 2.69. The van der Waals surface area contributed by atoms with Gasteiger partial charge in [-0.2, -0.15) is 0 Å². The third kappa shape index (κ3) is 2.86. The van der Waals surface area contributed by atoms with Crippen molar-refractivity contribution in [2.24, 2.45) is 0 Å². The first-order chi connectivity index (χ1) is 9.65. The van der Waals surface area contributed by atoms with Gasteiger partial charge < -0.3 is 5.32 Å². The fraction of sp³-hybridized carbons (Fsp3) is 0.467. The monoisotopic (exact) mass is 292 g/mol. The SMILES string of the molecule is O=C1CC(NCCc2ccc(Cl)cc2)C(=O)N1C1CC1. The summed E-state index contributed by atoms with van der Waals surface area (Å²) in [6.07, 6.45) is 3.05. The quantitative estimate of drug-likeness (QED) is 0.842. The van der Waals surface area contributed by atoms with Gasteiger partial charge >= 0.3 is 0 Å². The summed E-state index contributed by atoms with van der Waals surface area (Å²) in [5.41, 5.74) is 1.16. The van der Waals surface area contributed by atoms with Gasteiger partial charge in [-0.15, -0.1) is 0 Å². The van der Waals surface area contributed by atoms with Gasteiger partial charge in [-0.1, -0.05) is 23.7 Å². The lowest BCUT2D eigenvalue weighted by molar-refractivity contribution is -0.139. The molecule has 1 saturated carbocycles. The zero-order valence-electron chi connectivity index (χ0n) is 11.1. The zero-order valence-corrected chi connectivity index (χ0v) is 11.9. The van der Waals surface area contributed by atoms with Crippen LogP contribution in [-0.2, 0) is 16.0 Å². The smallest absolute Gasteiger partial charge is 0.247 e. The minimum Gasteiger partial charge on any atom is -0.305 e. The number of hydrogen-bond acceptors (Lipinski definition) is 3. The van der Waals surface area contributed by atoms with Crippen molar-refractivity contribution in [2.75, 3.05) is 6.54 Å². The Morgan fingerprint density at radius 1 is 1.20 bits per heavy atom. The molecule has 3 rings (SSSR count). The van der Waals surface area contributed by atoms with Crippen LogP contribution in [0.3, 0.4) is 0 Å². The van der Waals surface area contributed by atoms with Gasteiger partial charge in [-0.25, -0.2) is 0 Å². The van der Waals surface area contributed by atoms with E-state index in [0.29, 0.717) is 13.0 Å². The number of halogens is 1. The van der Waals surface area contributed by atoms with Crippen LogP contribution in [0.15, 0.2) is 24.3 Å². The number of carbonyl (C=O) groups excluding carboxylic acids is 2. The summed E-state index contributed by atoms with van der Waals surface area (Å²) in [7, 11) is 0. The molecule has 4 nitrogen and oxygen atoms in total. The van der Waals surface area contributed by atoms with Crippen LogP contribution in [0, 0.1) is 0 Å². The van der Waals surface area contributed by atoms with Gasteiger partial charge in [0.05, 0.1) is 12.5 Å². The van der Waals surface area contributed by atoms with Crippen LogP contribution in [0.1, 0.15) is 24.8 Å². The van der Waals surface area contributed by atoms with Crippen LogP contribution >= 0.6 is 11.6 Å². The van der Waals surface area contributed by atoms with Gasteiger partial charge in [0.2, 0.25) is 11.8 Å². The second-order valence-corrected chi connectivity index (χ2v) is 5.86. The Labute approximate surface area is 123 Å². The van der Waals surface area contributed by atoms with Gasteiger partial charge in [0.1, 0.15) is 0 Å². The van der Waals surface area contributed by atoms with Gasteiger partial charge in [-0.3, -0.25) is 14.5 Å². The molecule has 0 aromatic heterocycles. The number of benzene rings is 1. The van der Waals surface area contributed by atoms with Crippen molar-refractivity contribution in [3.63, 3.8) is 0 Å². The maximum Gasteiger partial charge on any atom is 0.247 e. The van der Waals surface area contributed by atoms with Gasteiger partial charge in [0.25, 0.3) is 0 Å². The average Bonchev–Trinajstić information content (AvgIpc) is 3.20. The number of imide groups is 1. The molecule has 1 aliphatic carbocycles. The van der Waals surface area contributed by atoms with Crippen LogP contribution in [0.25, 0.3) is 0 Å². The largest absolute Gasteiger partial charge is 0.305 e. The fourth-order valence-electron chi connectivity index (χ4n) is 2.57. The van der Waals surface area contributed by atoms with E-state index in [1.54, 1.807) is 0 Å². The summed E-state index contributed by atoms with van der Waals surface area (Å²) in [6.45, 7) is 0.684. The highest BCUT2D eigenvalue weighted by atomic mass is 35.5. The molecule has 0 spiro atoms. The number of hydrogen-bond donors (Lipinski definition) is 1. The highest BCUT2D eigenvalue weighted by Gasteiger charge is 2.45. The first kappa shape index (κ1) is 13.6. The highest BCUT2D eigenvalue weighted by molar-refractivity contribution is 6.30. The van der Waals surface area contributed by atoms with Crippen molar-refractivity contribution in [2.45, 2.75) is 37.8 Å². The van der Waals surface area contributed by atoms with Crippen molar-refractivity contribution in [1.82, 2.24) is 10.2 Å². The Morgan fingerprint density at radius 3 is 2.55 bits per heavy atom. The van der Waals surface area contributed by atoms with Crippen molar-refractivity contribution in [3.05, 3.63) is 34.9 Å². The lowest BCUT2D eigenvalue weighted by Crippen LogP contribution is -2.40. The Morgan fingerprint density at radius 2 is 1.90 bits per heavy atom. The summed E-state index contributed by atoms with van der Waals surface area (Å²) >= 11 is 5.83. The minimum absolute atomic E-state index is 0.0264. The molecule has 0 bridgehead atoms. The van der Waals surface area contributed by atoms with Crippen LogP contribution in [0.2, 0.25) is 5.02 Å². The number of carbonyl (C=O) groups is 2. The molecule has 1 N–H and O–H groups in total. The molecule has 20 heavy (non-hydrogen) atoms. The number of amides is 2. The van der Waals surface area contributed by atoms with E-state index in [4.69, 9.17) is 11.6 Å². The number of nitrogens with zero attached hydrogens (tertiary/aromatic N) is 1. The van der Waals surface area contributed by atoms with E-state index in [1.165, 1.54) is 4.90 Å². The van der Waals surface area contributed by atoms with E-state index in [-0.39, 0.29) is 23.9 Å². The molecule has 1 aromatic carbocycles. The standard InChI is InChI=1S/C15H17ClN2O2/c16-11-3-1-10(2-4-11)7-8-17-13-9-14(19)18(15(13)20)12-5-6-12/h1-4,12-13,17H,5-9H2. The molecule has 0 radical (unpaired) electrons. The number of rotatable bonds is 5. The van der Waals surface area contributed by atoms with Crippen molar-refractivity contribution in [1.29, 1.82) is 0 Å². The lowest BCUT2D eigenvalue weighted by atomic mass is 10.1. The molecule has 2 aliphatic rings. The summed E-state index contributed by atoms with van der Waals surface area (Å²) in [5, 5.41) is 3.91. The second-order valence-electron chi connectivity index (χ2n) is 5.42. The maximum atomic E-state index is 12.1. The summed E-state index contributed by atoms with van der Waals surface area (Å²) in [5.74, 6) is -0.0740. The topological polar surface area (TPSA) is 49.4 Å². The predicted molar refractivity (Wildman–Crippen MR) is 76.4 cm³/mol. The highest BCUT2D eigenvalue weighted by Crippen LogP contribution is 2.31. The number of nitrogens with one attached hydrogen (secondary N) is 1. The molecule has 1 aromatic rings. The zero-order chi connectivity index (χ0) is 14.1. The summed E-state index contributed by atoms with van der Waals surface area (Å²) < 4.78 is 0. The van der Waals surface area contributed by atoms with E-state index >= 15 is 0 Å². The normalized spacial score (nSPS) is 22.6. The molecule has 2 amide bonds. The Balaban J connectivity index is 1.50. The van der Waals surface area contributed by atoms with Crippen molar-refractivity contribution >= 4 is 23.4 Å². The van der Waals surface area contributed by atoms with Crippen LogP contribution < -0.4 is 5.32 Å². The van der Waals surface area contributed by atoms with Gasteiger partial charge in [-0.05, 0) is 43.5 Å². The number of likely N-dealkylation sites (tertiary alicyclic amines) is 1. The van der Waals surface area contributed by atoms with Gasteiger partial charge in [0.15, 0.2) is 0 Å². The average molecular weight is 293 g/mol. The molecule has 1 saturated heterocycles. The molecule has 1 aliphatic heterocycles. The Hall–Kier alpha value is -1.39. The first-order valence-electron chi connectivity index (χ1n) is 6.99. The predicted octanol–water partition coefficient (Wildman–Crippen LogP) is 1.76. The Kier molecular flexibility index (Phi) is 3.76. The first-order valence-corrected chi connectivity index (χ1v) is 7.36. The van der Waals surface area contributed by atoms with E-state index < -0.39 is 0 Å². The summed E-state index contributed by atoms with van der Waals surface area (Å²) in [4.78, 5) is 25.4. The van der Waals surface area contributed by atoms with Gasteiger partial charge in [0, 0.05) is 11.1 Å². The molecule has 2 fully saturated rings. The van der Waals surface area contributed by atoms with Crippen LogP contribution in [0.5, 0.6) is 0 Å². The molecule has 1 unspecified atom stereocenters. The van der Waals surface area contributed by atoms with E-state index in [1.807, 2.05) is 24.3 Å². The minimum atomic E-state index is -0.338. The van der Waals surface area contributed by atoms with Crippen LogP contribution in [0.4, 0.5) is 0 Å². The molecular formula is C15H17ClN2O2. The van der Waals surface area contributed by atoms with Crippen LogP contribution in [-0.4, -0.2) is 35.3 Å².